The van der Waals surface area contributed by atoms with E-state index in [0.29, 0.717) is 28.4 Å². The number of nitrogens with two attached hydrogens (primary N) is 1. The minimum Gasteiger partial charge on any atom is -0.507 e. The molecule has 0 saturated heterocycles. The molecule has 162 valence electrons. The van der Waals surface area contributed by atoms with Gasteiger partial charge >= 0.3 is 0 Å². The van der Waals surface area contributed by atoms with Gasteiger partial charge in [-0.15, -0.1) is 0 Å². The second kappa shape index (κ2) is 8.19. The average Bonchev–Trinajstić information content (AvgIpc) is 2.72. The Kier molecular flexibility index (Phi) is 5.40. The van der Waals surface area contributed by atoms with Crippen molar-refractivity contribution in [2.45, 2.75) is 20.8 Å². The molecule has 0 unspecified atom stereocenters. The number of hydrogen-bond donors (Lipinski definition) is 3. The number of phenols is 2. The largest absolute Gasteiger partial charge is 0.507 e. The number of anilines is 1. The van der Waals surface area contributed by atoms with Gasteiger partial charge in [0, 0.05) is 23.4 Å². The minimum absolute atomic E-state index is 0.0219. The molecule has 4 aromatic rings. The molecule has 0 aliphatic rings. The van der Waals surface area contributed by atoms with Crippen LogP contribution < -0.4 is 10.5 Å². The second-order valence-electron chi connectivity index (χ2n) is 7.74. The first-order valence-corrected chi connectivity index (χ1v) is 10.1. The third kappa shape index (κ3) is 3.92. The summed E-state index contributed by atoms with van der Waals surface area (Å²) in [6.45, 7) is 6.05. The van der Waals surface area contributed by atoms with Gasteiger partial charge in [-0.1, -0.05) is 17.7 Å². The number of phenolic OH excluding ortho intramolecular Hbond substituents is 2. The Hall–Kier alpha value is -4.13. The van der Waals surface area contributed by atoms with Crippen molar-refractivity contribution in [2.75, 3.05) is 12.8 Å². The molecule has 3 aromatic carbocycles. The molecular weight excluding hydrogens is 404 g/mol. The summed E-state index contributed by atoms with van der Waals surface area (Å²) in [6, 6.07) is 13.8. The Labute approximate surface area is 186 Å². The summed E-state index contributed by atoms with van der Waals surface area (Å²) in [4.78, 5) is 13.9. The van der Waals surface area contributed by atoms with Gasteiger partial charge in [0.05, 0.1) is 18.2 Å². The molecule has 1 heterocycles. The number of ether oxygens (including phenoxy) is 1. The molecule has 0 aliphatic heterocycles. The molecule has 32 heavy (non-hydrogen) atoms. The van der Waals surface area contributed by atoms with Crippen LogP contribution in [0.1, 0.15) is 16.7 Å². The first kappa shape index (κ1) is 21.1. The number of nitrogens with zero attached hydrogens (tertiary/aromatic N) is 3. The molecular formula is C25H24N4O3. The molecule has 0 aliphatic carbocycles. The lowest BCUT2D eigenvalue weighted by Gasteiger charge is -2.14. The molecule has 0 spiro atoms. The number of benzene rings is 3. The third-order valence-electron chi connectivity index (χ3n) is 5.24. The maximum absolute atomic E-state index is 10.6. The van der Waals surface area contributed by atoms with Crippen molar-refractivity contribution in [2.24, 2.45) is 0 Å². The van der Waals surface area contributed by atoms with Gasteiger partial charge in [0.15, 0.2) is 17.5 Å². The van der Waals surface area contributed by atoms with Gasteiger partial charge in [-0.3, -0.25) is 0 Å². The van der Waals surface area contributed by atoms with Crippen LogP contribution in [0.5, 0.6) is 17.2 Å². The van der Waals surface area contributed by atoms with Crippen molar-refractivity contribution in [3.8, 4) is 51.4 Å². The van der Waals surface area contributed by atoms with Crippen LogP contribution in [-0.2, 0) is 0 Å². The van der Waals surface area contributed by atoms with Crippen molar-refractivity contribution >= 4 is 5.69 Å². The van der Waals surface area contributed by atoms with Crippen LogP contribution >= 0.6 is 0 Å². The molecule has 7 heteroatoms. The summed E-state index contributed by atoms with van der Waals surface area (Å²) in [6.07, 6.45) is 0. The lowest BCUT2D eigenvalue weighted by Crippen LogP contribution is -2.03. The normalized spacial score (nSPS) is 10.9. The van der Waals surface area contributed by atoms with Gasteiger partial charge in [-0.05, 0) is 56.2 Å². The van der Waals surface area contributed by atoms with E-state index in [0.717, 1.165) is 22.3 Å². The second-order valence-corrected chi connectivity index (χ2v) is 7.74. The summed E-state index contributed by atoms with van der Waals surface area (Å²) in [5, 5.41) is 21.1. The molecule has 0 amide bonds. The fraction of sp³-hybridized carbons (Fsp3) is 0.160. The SMILES string of the molecule is COc1ccc(-c2nc(-c3ccc(N)cc3O)nc(-c3c(C)cc(C)cc3C)n2)c(O)c1. The van der Waals surface area contributed by atoms with Crippen LogP contribution in [0.15, 0.2) is 48.5 Å². The Morgan fingerprint density at radius 3 is 1.78 bits per heavy atom. The molecule has 4 N–H and O–H groups in total. The zero-order chi connectivity index (χ0) is 23.0. The summed E-state index contributed by atoms with van der Waals surface area (Å²) in [7, 11) is 1.53. The third-order valence-corrected chi connectivity index (χ3v) is 5.24. The maximum atomic E-state index is 10.6. The Balaban J connectivity index is 2.00. The van der Waals surface area contributed by atoms with E-state index in [1.54, 1.807) is 24.3 Å². The molecule has 4 rings (SSSR count). The molecule has 1 aromatic heterocycles. The van der Waals surface area contributed by atoms with E-state index in [2.05, 4.69) is 27.1 Å². The summed E-state index contributed by atoms with van der Waals surface area (Å²) in [5.41, 5.74) is 11.1. The smallest absolute Gasteiger partial charge is 0.167 e. The van der Waals surface area contributed by atoms with Crippen molar-refractivity contribution in [3.05, 3.63) is 65.2 Å². The van der Waals surface area contributed by atoms with Crippen molar-refractivity contribution in [1.82, 2.24) is 15.0 Å². The zero-order valence-corrected chi connectivity index (χ0v) is 18.3. The van der Waals surface area contributed by atoms with E-state index in [9.17, 15) is 10.2 Å². The molecule has 0 atom stereocenters. The summed E-state index contributed by atoms with van der Waals surface area (Å²) >= 11 is 0. The first-order chi connectivity index (χ1) is 15.3. The highest BCUT2D eigenvalue weighted by atomic mass is 16.5. The number of aryl methyl sites for hydroxylation is 3. The van der Waals surface area contributed by atoms with Crippen molar-refractivity contribution < 1.29 is 14.9 Å². The number of rotatable bonds is 4. The van der Waals surface area contributed by atoms with E-state index in [1.807, 2.05) is 20.8 Å². The fourth-order valence-electron chi connectivity index (χ4n) is 3.83. The number of aromatic hydroxyl groups is 2. The predicted molar refractivity (Wildman–Crippen MR) is 125 cm³/mol. The number of hydrogen-bond acceptors (Lipinski definition) is 7. The zero-order valence-electron chi connectivity index (χ0n) is 18.3. The minimum atomic E-state index is -0.0376. The number of methoxy groups -OCH3 is 1. The van der Waals surface area contributed by atoms with Gasteiger partial charge in [0.1, 0.15) is 17.2 Å². The lowest BCUT2D eigenvalue weighted by atomic mass is 9.99. The van der Waals surface area contributed by atoms with Gasteiger partial charge in [0.25, 0.3) is 0 Å². The average molecular weight is 428 g/mol. The van der Waals surface area contributed by atoms with E-state index >= 15 is 0 Å². The van der Waals surface area contributed by atoms with Crippen molar-refractivity contribution in [1.29, 1.82) is 0 Å². The van der Waals surface area contributed by atoms with Crippen LogP contribution in [0.25, 0.3) is 34.2 Å². The summed E-state index contributed by atoms with van der Waals surface area (Å²) in [5.74, 6) is 1.46. The number of aromatic nitrogens is 3. The standard InChI is InChI=1S/C25H24N4O3/c1-13-9-14(2)22(15(3)10-13)25-28-23(18-7-5-16(26)11-20(18)30)27-24(29-25)19-8-6-17(32-4)12-21(19)31/h5-12,30-31H,26H2,1-4H3. The predicted octanol–water partition coefficient (Wildman–Crippen LogP) is 4.80. The summed E-state index contributed by atoms with van der Waals surface area (Å²) < 4.78 is 5.18. The molecule has 0 bridgehead atoms. The van der Waals surface area contributed by atoms with Gasteiger partial charge in [-0.25, -0.2) is 15.0 Å². The van der Waals surface area contributed by atoms with Crippen LogP contribution in [0.4, 0.5) is 5.69 Å². The van der Waals surface area contributed by atoms with E-state index < -0.39 is 0 Å². The van der Waals surface area contributed by atoms with Gasteiger partial charge in [-0.2, -0.15) is 0 Å². The highest BCUT2D eigenvalue weighted by molar-refractivity contribution is 5.75. The maximum Gasteiger partial charge on any atom is 0.167 e. The molecule has 0 radical (unpaired) electrons. The highest BCUT2D eigenvalue weighted by Crippen LogP contribution is 2.36. The Bertz CT molecular complexity index is 1310. The quantitative estimate of drug-likeness (QED) is 0.400. The van der Waals surface area contributed by atoms with Crippen LogP contribution in [-0.4, -0.2) is 32.3 Å². The van der Waals surface area contributed by atoms with Crippen LogP contribution in [0.3, 0.4) is 0 Å². The van der Waals surface area contributed by atoms with E-state index in [-0.39, 0.29) is 23.1 Å². The fourth-order valence-corrected chi connectivity index (χ4v) is 3.83. The van der Waals surface area contributed by atoms with Crippen molar-refractivity contribution in [3.63, 3.8) is 0 Å². The molecule has 0 fully saturated rings. The van der Waals surface area contributed by atoms with E-state index in [4.69, 9.17) is 10.5 Å². The van der Waals surface area contributed by atoms with Crippen LogP contribution in [0.2, 0.25) is 0 Å². The number of nitrogen functional groups attached to an aromatic ring is 1. The molecule has 0 saturated carbocycles. The highest BCUT2D eigenvalue weighted by Gasteiger charge is 2.19. The van der Waals surface area contributed by atoms with Gasteiger partial charge in [0.2, 0.25) is 0 Å². The van der Waals surface area contributed by atoms with E-state index in [1.165, 1.54) is 19.2 Å². The van der Waals surface area contributed by atoms with Gasteiger partial charge < -0.3 is 20.7 Å². The first-order valence-electron chi connectivity index (χ1n) is 10.1. The Morgan fingerprint density at radius 2 is 1.25 bits per heavy atom. The topological polar surface area (TPSA) is 114 Å². The molecule has 7 nitrogen and oxygen atoms in total. The van der Waals surface area contributed by atoms with Crippen LogP contribution in [0, 0.1) is 20.8 Å². The lowest BCUT2D eigenvalue weighted by molar-refractivity contribution is 0.408. The Morgan fingerprint density at radius 1 is 0.719 bits per heavy atom. The monoisotopic (exact) mass is 428 g/mol.